The molecule has 4 rings (SSSR count). The van der Waals surface area contributed by atoms with Crippen molar-refractivity contribution < 1.29 is 9.53 Å². The Morgan fingerprint density at radius 1 is 1.27 bits per heavy atom. The van der Waals surface area contributed by atoms with Crippen LogP contribution in [0.15, 0.2) is 36.7 Å². The summed E-state index contributed by atoms with van der Waals surface area (Å²) in [5.41, 5.74) is 3.42. The number of rotatable bonds is 6. The zero-order chi connectivity index (χ0) is 21.1. The van der Waals surface area contributed by atoms with E-state index in [1.54, 1.807) is 18.0 Å². The molecule has 1 atom stereocenters. The number of amides is 1. The minimum atomic E-state index is 0.00263. The molecule has 7 nitrogen and oxygen atoms in total. The van der Waals surface area contributed by atoms with Crippen LogP contribution in [0.4, 0.5) is 0 Å². The number of hydrogen-bond donors (Lipinski definition) is 0. The van der Waals surface area contributed by atoms with Crippen LogP contribution in [-0.2, 0) is 6.42 Å². The van der Waals surface area contributed by atoms with E-state index in [0.29, 0.717) is 5.69 Å². The van der Waals surface area contributed by atoms with Crippen molar-refractivity contribution in [1.82, 2.24) is 24.7 Å². The highest BCUT2D eigenvalue weighted by Crippen LogP contribution is 2.26. The minimum absolute atomic E-state index is 0.00263. The summed E-state index contributed by atoms with van der Waals surface area (Å²) in [4.78, 5) is 15.5. The number of carbonyl (C=O) groups is 1. The maximum absolute atomic E-state index is 13.5. The monoisotopic (exact) mass is 407 g/mol. The molecule has 1 amide bonds. The Morgan fingerprint density at radius 2 is 2.13 bits per heavy atom. The number of fused-ring (bicyclic) bond motifs is 1. The zero-order valence-corrected chi connectivity index (χ0v) is 17.9. The predicted molar refractivity (Wildman–Crippen MR) is 115 cm³/mol. The molecule has 2 aromatic heterocycles. The van der Waals surface area contributed by atoms with Crippen LogP contribution in [0.2, 0.25) is 0 Å². The quantitative estimate of drug-likeness (QED) is 0.620. The average molecular weight is 408 g/mol. The van der Waals surface area contributed by atoms with Crippen LogP contribution >= 0.6 is 0 Å². The fourth-order valence-corrected chi connectivity index (χ4v) is 4.26. The van der Waals surface area contributed by atoms with E-state index >= 15 is 0 Å². The third-order valence-electron chi connectivity index (χ3n) is 5.93. The number of carbonyl (C=O) groups excluding carboxylic acids is 1. The van der Waals surface area contributed by atoms with Gasteiger partial charge in [-0.2, -0.15) is 9.61 Å². The maximum atomic E-state index is 13.5. The summed E-state index contributed by atoms with van der Waals surface area (Å²) in [7, 11) is 1.69. The highest BCUT2D eigenvalue weighted by Gasteiger charge is 2.29. The molecule has 0 unspecified atom stereocenters. The summed E-state index contributed by atoms with van der Waals surface area (Å²) in [5.74, 6) is 1.11. The first-order valence-electron chi connectivity index (χ1n) is 10.7. The smallest absolute Gasteiger partial charge is 0.274 e. The van der Waals surface area contributed by atoms with Gasteiger partial charge in [0.1, 0.15) is 17.8 Å². The molecule has 3 aromatic rings. The Labute approximate surface area is 177 Å². The molecular formula is C23H29N5O2. The van der Waals surface area contributed by atoms with Gasteiger partial charge in [0.15, 0.2) is 5.65 Å². The number of aromatic nitrogens is 4. The van der Waals surface area contributed by atoms with Gasteiger partial charge in [-0.05, 0) is 61.8 Å². The second kappa shape index (κ2) is 8.81. The average Bonchev–Trinajstić information content (AvgIpc) is 3.25. The van der Waals surface area contributed by atoms with Gasteiger partial charge in [0.25, 0.3) is 5.91 Å². The molecule has 7 heteroatoms. The number of aryl methyl sites for hydroxylation is 1. The normalized spacial score (nSPS) is 16.9. The highest BCUT2D eigenvalue weighted by molar-refractivity contribution is 5.93. The molecule has 3 heterocycles. The Morgan fingerprint density at radius 3 is 2.93 bits per heavy atom. The van der Waals surface area contributed by atoms with E-state index in [-0.39, 0.29) is 17.9 Å². The third-order valence-corrected chi connectivity index (χ3v) is 5.93. The van der Waals surface area contributed by atoms with Gasteiger partial charge in [-0.25, -0.2) is 0 Å². The fraction of sp³-hybridized carbons (Fsp3) is 0.478. The van der Waals surface area contributed by atoms with Gasteiger partial charge >= 0.3 is 0 Å². The second-order valence-corrected chi connectivity index (χ2v) is 8.28. The summed E-state index contributed by atoms with van der Waals surface area (Å²) in [6, 6.07) is 10.3. The van der Waals surface area contributed by atoms with Crippen LogP contribution in [0.1, 0.15) is 67.1 Å². The van der Waals surface area contributed by atoms with Crippen LogP contribution in [0.5, 0.6) is 5.75 Å². The largest absolute Gasteiger partial charge is 0.497 e. The number of methoxy groups -OCH3 is 1. The Hall–Kier alpha value is -2.96. The lowest BCUT2D eigenvalue weighted by Crippen LogP contribution is -2.44. The summed E-state index contributed by atoms with van der Waals surface area (Å²) >= 11 is 0. The van der Waals surface area contributed by atoms with Crippen LogP contribution in [0, 0.1) is 0 Å². The number of likely N-dealkylation sites (tertiary alicyclic amines) is 1. The van der Waals surface area contributed by atoms with Crippen molar-refractivity contribution in [3.05, 3.63) is 53.5 Å². The van der Waals surface area contributed by atoms with E-state index in [9.17, 15) is 4.79 Å². The topological polar surface area (TPSA) is 72.6 Å². The van der Waals surface area contributed by atoms with Crippen molar-refractivity contribution in [3.8, 4) is 5.75 Å². The van der Waals surface area contributed by atoms with Crippen LogP contribution in [-0.4, -0.2) is 50.3 Å². The minimum Gasteiger partial charge on any atom is -0.497 e. The number of piperidine rings is 1. The van der Waals surface area contributed by atoms with Crippen molar-refractivity contribution in [2.24, 2.45) is 0 Å². The van der Waals surface area contributed by atoms with E-state index in [4.69, 9.17) is 4.74 Å². The van der Waals surface area contributed by atoms with E-state index in [1.807, 2.05) is 23.1 Å². The van der Waals surface area contributed by atoms with Gasteiger partial charge in [0.05, 0.1) is 7.11 Å². The second-order valence-electron chi connectivity index (χ2n) is 8.28. The first kappa shape index (κ1) is 20.3. The van der Waals surface area contributed by atoms with Crippen molar-refractivity contribution in [1.29, 1.82) is 0 Å². The number of hydrogen-bond acceptors (Lipinski definition) is 5. The molecule has 1 aliphatic rings. The van der Waals surface area contributed by atoms with Crippen LogP contribution < -0.4 is 4.74 Å². The molecular weight excluding hydrogens is 378 g/mol. The standard InChI is InChI=1S/C23H29N5O2/c1-16(2)20-14-21(26-28-15-24-25-22(20)28)23(29)27-12-5-4-8-18(27)11-10-17-7-6-9-19(13-17)30-3/h6-7,9,13-16,18H,4-5,8,10-12H2,1-3H3/t18-/m1/s1. The molecule has 0 aliphatic carbocycles. The molecule has 0 spiro atoms. The molecule has 0 radical (unpaired) electrons. The SMILES string of the molecule is COc1cccc(CC[C@H]2CCCCN2C(=O)c2cc(C(C)C)c3nncn3n2)c1. The van der Waals surface area contributed by atoms with Crippen molar-refractivity contribution in [3.63, 3.8) is 0 Å². The van der Waals surface area contributed by atoms with Gasteiger partial charge in [-0.1, -0.05) is 26.0 Å². The lowest BCUT2D eigenvalue weighted by atomic mass is 9.95. The summed E-state index contributed by atoms with van der Waals surface area (Å²) in [5, 5.41) is 12.6. The molecule has 1 aliphatic heterocycles. The number of benzene rings is 1. The van der Waals surface area contributed by atoms with Gasteiger partial charge in [0, 0.05) is 18.2 Å². The molecule has 158 valence electrons. The van der Waals surface area contributed by atoms with Gasteiger partial charge in [-0.15, -0.1) is 10.2 Å². The van der Waals surface area contributed by atoms with Gasteiger partial charge in [-0.3, -0.25) is 4.79 Å². The first-order valence-corrected chi connectivity index (χ1v) is 10.7. The first-order chi connectivity index (χ1) is 14.6. The molecule has 0 saturated carbocycles. The number of ether oxygens (including phenoxy) is 1. The van der Waals surface area contributed by atoms with Crippen LogP contribution in [0.3, 0.4) is 0 Å². The molecule has 1 aromatic carbocycles. The Balaban J connectivity index is 1.55. The van der Waals surface area contributed by atoms with E-state index in [2.05, 4.69) is 41.3 Å². The number of nitrogens with zero attached hydrogens (tertiary/aromatic N) is 5. The molecule has 30 heavy (non-hydrogen) atoms. The molecule has 0 N–H and O–H groups in total. The predicted octanol–water partition coefficient (Wildman–Crippen LogP) is 3.88. The van der Waals surface area contributed by atoms with Gasteiger partial charge in [0.2, 0.25) is 0 Å². The Kier molecular flexibility index (Phi) is 5.97. The van der Waals surface area contributed by atoms with E-state index < -0.39 is 0 Å². The van der Waals surface area contributed by atoms with E-state index in [0.717, 1.165) is 55.6 Å². The summed E-state index contributed by atoms with van der Waals surface area (Å²) in [6.45, 7) is 4.97. The summed E-state index contributed by atoms with van der Waals surface area (Å²) in [6.07, 6.45) is 6.64. The lowest BCUT2D eigenvalue weighted by molar-refractivity contribution is 0.0594. The fourth-order valence-electron chi connectivity index (χ4n) is 4.26. The molecule has 0 bridgehead atoms. The van der Waals surface area contributed by atoms with Crippen LogP contribution in [0.25, 0.3) is 5.65 Å². The molecule has 1 fully saturated rings. The van der Waals surface area contributed by atoms with Gasteiger partial charge < -0.3 is 9.64 Å². The maximum Gasteiger partial charge on any atom is 0.274 e. The van der Waals surface area contributed by atoms with Crippen molar-refractivity contribution in [2.45, 2.75) is 57.9 Å². The third kappa shape index (κ3) is 4.15. The Bertz CT molecular complexity index is 1030. The van der Waals surface area contributed by atoms with Crippen molar-refractivity contribution >= 4 is 11.6 Å². The highest BCUT2D eigenvalue weighted by atomic mass is 16.5. The zero-order valence-electron chi connectivity index (χ0n) is 17.9. The summed E-state index contributed by atoms with van der Waals surface area (Å²) < 4.78 is 6.96. The van der Waals surface area contributed by atoms with E-state index in [1.165, 1.54) is 5.56 Å². The van der Waals surface area contributed by atoms with Crippen molar-refractivity contribution in [2.75, 3.05) is 13.7 Å². The molecule has 1 saturated heterocycles. The lowest BCUT2D eigenvalue weighted by Gasteiger charge is -2.35.